The molecular weight excluding hydrogens is 284 g/mol. The van der Waals surface area contributed by atoms with Crippen LogP contribution in [-0.2, 0) is 6.54 Å². The van der Waals surface area contributed by atoms with Crippen molar-refractivity contribution in [2.75, 3.05) is 13.7 Å². The molecule has 0 saturated carbocycles. The van der Waals surface area contributed by atoms with E-state index in [2.05, 4.69) is 5.32 Å². The number of aliphatic hydroxyl groups excluding tert-OH is 1. The molecule has 1 atom stereocenters. The van der Waals surface area contributed by atoms with Gasteiger partial charge >= 0.3 is 0 Å². The smallest absolute Gasteiger partial charge is 0.269 e. The molecule has 0 bridgehead atoms. The van der Waals surface area contributed by atoms with Gasteiger partial charge in [-0.1, -0.05) is 12.1 Å². The quantitative estimate of drug-likeness (QED) is 0.606. The second-order valence-corrected chi connectivity index (χ2v) is 4.84. The van der Waals surface area contributed by atoms with E-state index in [9.17, 15) is 15.2 Å². The maximum atomic E-state index is 10.6. The van der Waals surface area contributed by atoms with Crippen LogP contribution in [0.15, 0.2) is 48.5 Å². The lowest BCUT2D eigenvalue weighted by Crippen LogP contribution is -2.21. The fourth-order valence-corrected chi connectivity index (χ4v) is 2.03. The minimum absolute atomic E-state index is 0.0159. The number of hydrogen-bond donors (Lipinski definition) is 2. The second-order valence-electron chi connectivity index (χ2n) is 4.84. The van der Waals surface area contributed by atoms with Crippen LogP contribution in [0.5, 0.6) is 5.75 Å². The molecule has 0 amide bonds. The predicted octanol–water partition coefficient (Wildman–Crippen LogP) is 2.43. The lowest BCUT2D eigenvalue weighted by Gasteiger charge is -2.12. The summed E-state index contributed by atoms with van der Waals surface area (Å²) < 4.78 is 5.09. The first kappa shape index (κ1) is 15.9. The van der Waals surface area contributed by atoms with E-state index < -0.39 is 11.0 Å². The summed E-state index contributed by atoms with van der Waals surface area (Å²) in [6.07, 6.45) is -0.709. The number of nitrogens with zero attached hydrogens (tertiary/aromatic N) is 1. The fraction of sp³-hybridized carbons (Fsp3) is 0.250. The first-order valence-electron chi connectivity index (χ1n) is 6.86. The minimum Gasteiger partial charge on any atom is -0.497 e. The molecule has 2 rings (SSSR count). The SMILES string of the molecule is COc1ccc(CNCC(O)c2ccc([N+](=O)[O-])cc2)cc1. The van der Waals surface area contributed by atoms with Crippen molar-refractivity contribution in [2.45, 2.75) is 12.6 Å². The van der Waals surface area contributed by atoms with Gasteiger partial charge in [-0.05, 0) is 35.4 Å². The molecule has 0 aliphatic carbocycles. The molecule has 0 radical (unpaired) electrons. The summed E-state index contributed by atoms with van der Waals surface area (Å²) in [5.74, 6) is 0.801. The number of benzene rings is 2. The highest BCUT2D eigenvalue weighted by molar-refractivity contribution is 5.34. The summed E-state index contributed by atoms with van der Waals surface area (Å²) in [5, 5.41) is 23.8. The van der Waals surface area contributed by atoms with Crippen molar-refractivity contribution in [3.8, 4) is 5.75 Å². The number of methoxy groups -OCH3 is 1. The highest BCUT2D eigenvalue weighted by Crippen LogP contribution is 2.17. The number of nitro benzene ring substituents is 1. The molecule has 0 aliphatic heterocycles. The van der Waals surface area contributed by atoms with Crippen LogP contribution in [0.25, 0.3) is 0 Å². The normalized spacial score (nSPS) is 11.9. The number of rotatable bonds is 7. The molecule has 0 heterocycles. The Hall–Kier alpha value is -2.44. The van der Waals surface area contributed by atoms with Crippen molar-refractivity contribution in [1.82, 2.24) is 5.32 Å². The summed E-state index contributed by atoms with van der Waals surface area (Å²) in [6.45, 7) is 0.984. The topological polar surface area (TPSA) is 84.6 Å². The van der Waals surface area contributed by atoms with Gasteiger partial charge in [-0.2, -0.15) is 0 Å². The molecule has 0 spiro atoms. The summed E-state index contributed by atoms with van der Waals surface area (Å²) >= 11 is 0. The van der Waals surface area contributed by atoms with Crippen LogP contribution in [0.1, 0.15) is 17.2 Å². The third kappa shape index (κ3) is 4.28. The molecular formula is C16H18N2O4. The van der Waals surface area contributed by atoms with E-state index in [1.165, 1.54) is 12.1 Å². The van der Waals surface area contributed by atoms with Crippen LogP contribution in [0.4, 0.5) is 5.69 Å². The van der Waals surface area contributed by atoms with Crippen molar-refractivity contribution < 1.29 is 14.8 Å². The van der Waals surface area contributed by atoms with Crippen LogP contribution in [0.3, 0.4) is 0 Å². The Kier molecular flexibility index (Phi) is 5.46. The maximum absolute atomic E-state index is 10.6. The molecule has 0 saturated heterocycles. The van der Waals surface area contributed by atoms with Crippen LogP contribution < -0.4 is 10.1 Å². The molecule has 6 heteroatoms. The number of nitro groups is 1. The van der Waals surface area contributed by atoms with E-state index in [1.807, 2.05) is 24.3 Å². The summed E-state index contributed by atoms with van der Waals surface area (Å²) in [5.41, 5.74) is 1.74. The molecule has 22 heavy (non-hydrogen) atoms. The van der Waals surface area contributed by atoms with Gasteiger partial charge in [0.2, 0.25) is 0 Å². The zero-order chi connectivity index (χ0) is 15.9. The molecule has 116 valence electrons. The Balaban J connectivity index is 1.83. The van der Waals surface area contributed by atoms with Gasteiger partial charge in [-0.15, -0.1) is 0 Å². The van der Waals surface area contributed by atoms with E-state index in [0.717, 1.165) is 11.3 Å². The monoisotopic (exact) mass is 302 g/mol. The Labute approximate surface area is 128 Å². The van der Waals surface area contributed by atoms with Crippen LogP contribution >= 0.6 is 0 Å². The average molecular weight is 302 g/mol. The van der Waals surface area contributed by atoms with E-state index in [4.69, 9.17) is 4.74 Å². The van der Waals surface area contributed by atoms with Gasteiger partial charge in [0.1, 0.15) is 5.75 Å². The van der Waals surface area contributed by atoms with Crippen molar-refractivity contribution >= 4 is 5.69 Å². The van der Waals surface area contributed by atoms with Gasteiger partial charge in [0.15, 0.2) is 0 Å². The lowest BCUT2D eigenvalue weighted by molar-refractivity contribution is -0.384. The predicted molar refractivity (Wildman–Crippen MR) is 82.8 cm³/mol. The molecule has 2 N–H and O–H groups in total. The van der Waals surface area contributed by atoms with Gasteiger partial charge < -0.3 is 15.2 Å². The highest BCUT2D eigenvalue weighted by Gasteiger charge is 2.10. The summed E-state index contributed by atoms with van der Waals surface area (Å²) in [7, 11) is 1.62. The summed E-state index contributed by atoms with van der Waals surface area (Å²) in [6, 6.07) is 13.6. The zero-order valence-electron chi connectivity index (χ0n) is 12.2. The van der Waals surface area contributed by atoms with Gasteiger partial charge in [-0.3, -0.25) is 10.1 Å². The molecule has 2 aromatic rings. The number of non-ortho nitro benzene ring substituents is 1. The molecule has 6 nitrogen and oxygen atoms in total. The Morgan fingerprint density at radius 3 is 2.36 bits per heavy atom. The molecule has 2 aromatic carbocycles. The highest BCUT2D eigenvalue weighted by atomic mass is 16.6. The summed E-state index contributed by atoms with van der Waals surface area (Å²) in [4.78, 5) is 10.1. The minimum atomic E-state index is -0.709. The molecule has 0 fully saturated rings. The Morgan fingerprint density at radius 1 is 1.18 bits per heavy atom. The number of aliphatic hydroxyl groups is 1. The maximum Gasteiger partial charge on any atom is 0.269 e. The van der Waals surface area contributed by atoms with Gasteiger partial charge in [-0.25, -0.2) is 0 Å². The van der Waals surface area contributed by atoms with Crippen LogP contribution in [0, 0.1) is 10.1 Å². The number of nitrogens with one attached hydrogen (secondary N) is 1. The van der Waals surface area contributed by atoms with Gasteiger partial charge in [0.25, 0.3) is 5.69 Å². The largest absolute Gasteiger partial charge is 0.497 e. The first-order valence-corrected chi connectivity index (χ1v) is 6.86. The van der Waals surface area contributed by atoms with E-state index in [0.29, 0.717) is 18.7 Å². The Morgan fingerprint density at radius 2 is 1.82 bits per heavy atom. The second kappa shape index (κ2) is 7.53. The van der Waals surface area contributed by atoms with Crippen molar-refractivity contribution in [2.24, 2.45) is 0 Å². The van der Waals surface area contributed by atoms with Crippen molar-refractivity contribution in [1.29, 1.82) is 0 Å². The number of ether oxygens (including phenoxy) is 1. The first-order chi connectivity index (χ1) is 10.6. The zero-order valence-corrected chi connectivity index (χ0v) is 12.2. The third-order valence-electron chi connectivity index (χ3n) is 3.31. The van der Waals surface area contributed by atoms with E-state index >= 15 is 0 Å². The molecule has 0 aliphatic rings. The van der Waals surface area contributed by atoms with E-state index in [-0.39, 0.29) is 5.69 Å². The van der Waals surface area contributed by atoms with Gasteiger partial charge in [0.05, 0.1) is 18.1 Å². The fourth-order valence-electron chi connectivity index (χ4n) is 2.03. The Bertz CT molecular complexity index is 611. The van der Waals surface area contributed by atoms with Gasteiger partial charge in [0, 0.05) is 25.2 Å². The van der Waals surface area contributed by atoms with Crippen molar-refractivity contribution in [3.05, 3.63) is 69.8 Å². The third-order valence-corrected chi connectivity index (χ3v) is 3.31. The lowest BCUT2D eigenvalue weighted by atomic mass is 10.1. The molecule has 0 aromatic heterocycles. The van der Waals surface area contributed by atoms with Crippen LogP contribution in [0.2, 0.25) is 0 Å². The standard InChI is InChI=1S/C16H18N2O4/c1-22-15-8-2-12(3-9-15)10-17-11-16(19)13-4-6-14(7-5-13)18(20)21/h2-9,16-17,19H,10-11H2,1H3. The van der Waals surface area contributed by atoms with E-state index in [1.54, 1.807) is 19.2 Å². The van der Waals surface area contributed by atoms with Crippen LogP contribution in [-0.4, -0.2) is 23.7 Å². The number of hydrogen-bond acceptors (Lipinski definition) is 5. The van der Waals surface area contributed by atoms with Crippen molar-refractivity contribution in [3.63, 3.8) is 0 Å². The average Bonchev–Trinajstić information content (AvgIpc) is 2.55. The molecule has 1 unspecified atom stereocenters.